The van der Waals surface area contributed by atoms with E-state index >= 15 is 0 Å². The summed E-state index contributed by atoms with van der Waals surface area (Å²) in [7, 11) is 0. The Bertz CT molecular complexity index is 865. The largest absolute Gasteiger partial charge is 0.465 e. The first-order valence-electron chi connectivity index (χ1n) is 6.93. The van der Waals surface area contributed by atoms with E-state index in [0.29, 0.717) is 6.61 Å². The molecule has 0 radical (unpaired) electrons. The molecule has 2 aromatic carbocycles. The van der Waals surface area contributed by atoms with Gasteiger partial charge in [0.1, 0.15) is 6.42 Å². The summed E-state index contributed by atoms with van der Waals surface area (Å²) >= 11 is 0. The Hall–Kier alpha value is -2.73. The average Bonchev–Trinajstić information content (AvgIpc) is 2.85. The van der Waals surface area contributed by atoms with Crippen LogP contribution in [0.15, 0.2) is 42.5 Å². The van der Waals surface area contributed by atoms with Gasteiger partial charge in [0, 0.05) is 27.4 Å². The Morgan fingerprint density at radius 2 is 1.95 bits per heavy atom. The van der Waals surface area contributed by atoms with Crippen molar-refractivity contribution in [2.24, 2.45) is 0 Å². The molecule has 0 amide bonds. The highest BCUT2D eigenvalue weighted by molar-refractivity contribution is 6.07. The molecular weight excluding hydrogens is 262 g/mol. The third-order valence-electron chi connectivity index (χ3n) is 3.28. The lowest BCUT2D eigenvalue weighted by molar-refractivity contribution is -0.141. The van der Waals surface area contributed by atoms with E-state index in [-0.39, 0.29) is 12.4 Å². The number of hydrogen-bond donors (Lipinski definition) is 1. The number of rotatable bonds is 2. The summed E-state index contributed by atoms with van der Waals surface area (Å²) in [6, 6.07) is 14.2. The summed E-state index contributed by atoms with van der Waals surface area (Å²) in [6.07, 6.45) is 0.124. The van der Waals surface area contributed by atoms with E-state index in [0.717, 1.165) is 16.6 Å². The summed E-state index contributed by atoms with van der Waals surface area (Å²) in [5.41, 5.74) is 3.06. The van der Waals surface area contributed by atoms with Crippen LogP contribution in [0.4, 0.5) is 0 Å². The van der Waals surface area contributed by atoms with Crippen LogP contribution in [0.1, 0.15) is 18.9 Å². The molecule has 1 aromatic heterocycles. The second kappa shape index (κ2) is 5.72. The monoisotopic (exact) mass is 277 g/mol. The molecule has 21 heavy (non-hydrogen) atoms. The third kappa shape index (κ3) is 2.75. The molecule has 0 saturated carbocycles. The first kappa shape index (κ1) is 13.3. The van der Waals surface area contributed by atoms with Crippen molar-refractivity contribution in [3.63, 3.8) is 0 Å². The van der Waals surface area contributed by atoms with Crippen molar-refractivity contribution in [2.45, 2.75) is 13.3 Å². The molecule has 0 fully saturated rings. The molecule has 0 aliphatic heterocycles. The van der Waals surface area contributed by atoms with Crippen molar-refractivity contribution in [2.75, 3.05) is 6.61 Å². The highest BCUT2D eigenvalue weighted by Gasteiger charge is 2.03. The number of benzene rings is 2. The number of aromatic amines is 1. The van der Waals surface area contributed by atoms with Crippen LogP contribution in [-0.4, -0.2) is 17.6 Å². The van der Waals surface area contributed by atoms with Gasteiger partial charge in [-0.25, -0.2) is 0 Å². The van der Waals surface area contributed by atoms with Gasteiger partial charge in [-0.05, 0) is 25.1 Å². The maximum atomic E-state index is 11.2. The number of para-hydroxylation sites is 1. The summed E-state index contributed by atoms with van der Waals surface area (Å²) in [6.45, 7) is 2.18. The first-order valence-corrected chi connectivity index (χ1v) is 6.93. The normalized spacial score (nSPS) is 10.3. The van der Waals surface area contributed by atoms with Crippen LogP contribution in [0.2, 0.25) is 0 Å². The van der Waals surface area contributed by atoms with Gasteiger partial charge in [-0.1, -0.05) is 36.1 Å². The van der Waals surface area contributed by atoms with Crippen LogP contribution >= 0.6 is 0 Å². The SMILES string of the molecule is CCOC(=O)CC#Cc1ccc2c(c1)[nH]c1ccccc12. The average molecular weight is 277 g/mol. The molecular formula is C18H15NO2. The van der Waals surface area contributed by atoms with Gasteiger partial charge in [0.25, 0.3) is 0 Å². The molecule has 0 atom stereocenters. The molecule has 0 bridgehead atoms. The number of fused-ring (bicyclic) bond motifs is 3. The van der Waals surface area contributed by atoms with Crippen molar-refractivity contribution >= 4 is 27.8 Å². The van der Waals surface area contributed by atoms with Gasteiger partial charge in [0.05, 0.1) is 6.61 Å². The molecule has 3 heteroatoms. The smallest absolute Gasteiger partial charge is 0.317 e. The number of carbonyl (C=O) groups is 1. The summed E-state index contributed by atoms with van der Waals surface area (Å²) in [5.74, 6) is 5.57. The topological polar surface area (TPSA) is 42.1 Å². The Morgan fingerprint density at radius 3 is 2.81 bits per heavy atom. The first-order chi connectivity index (χ1) is 10.3. The molecule has 0 aliphatic rings. The molecule has 1 N–H and O–H groups in total. The van der Waals surface area contributed by atoms with Gasteiger partial charge >= 0.3 is 5.97 Å². The quantitative estimate of drug-likeness (QED) is 0.574. The van der Waals surface area contributed by atoms with E-state index in [4.69, 9.17) is 4.74 Å². The van der Waals surface area contributed by atoms with E-state index in [2.05, 4.69) is 35.0 Å². The zero-order valence-corrected chi connectivity index (χ0v) is 11.8. The molecule has 1 heterocycles. The lowest BCUT2D eigenvalue weighted by Crippen LogP contribution is -2.01. The second-order valence-corrected chi connectivity index (χ2v) is 4.71. The van der Waals surface area contributed by atoms with Gasteiger partial charge in [-0.3, -0.25) is 4.79 Å². The van der Waals surface area contributed by atoms with Gasteiger partial charge in [0.2, 0.25) is 0 Å². The number of ether oxygens (including phenoxy) is 1. The lowest BCUT2D eigenvalue weighted by atomic mass is 10.1. The number of H-pyrrole nitrogens is 1. The van der Waals surface area contributed by atoms with Gasteiger partial charge in [-0.2, -0.15) is 0 Å². The van der Waals surface area contributed by atoms with Crippen LogP contribution < -0.4 is 0 Å². The van der Waals surface area contributed by atoms with Crippen molar-refractivity contribution in [1.82, 2.24) is 4.98 Å². The fourth-order valence-corrected chi connectivity index (χ4v) is 2.36. The highest BCUT2D eigenvalue weighted by atomic mass is 16.5. The number of hydrogen-bond acceptors (Lipinski definition) is 2. The highest BCUT2D eigenvalue weighted by Crippen LogP contribution is 2.25. The summed E-state index contributed by atoms with van der Waals surface area (Å²) in [4.78, 5) is 14.6. The predicted octanol–water partition coefficient (Wildman–Crippen LogP) is 3.63. The van der Waals surface area contributed by atoms with Crippen LogP contribution in [0, 0.1) is 11.8 Å². The third-order valence-corrected chi connectivity index (χ3v) is 3.28. The van der Waals surface area contributed by atoms with Gasteiger partial charge in [-0.15, -0.1) is 0 Å². The minimum atomic E-state index is -0.281. The molecule has 3 nitrogen and oxygen atoms in total. The van der Waals surface area contributed by atoms with E-state index in [1.54, 1.807) is 6.92 Å². The maximum absolute atomic E-state index is 11.2. The minimum absolute atomic E-state index is 0.124. The Kier molecular flexibility index (Phi) is 3.61. The van der Waals surface area contributed by atoms with E-state index in [9.17, 15) is 4.79 Å². The molecule has 104 valence electrons. The van der Waals surface area contributed by atoms with Crippen molar-refractivity contribution in [1.29, 1.82) is 0 Å². The Labute approximate surface area is 122 Å². The molecule has 3 aromatic rings. The number of nitrogens with one attached hydrogen (secondary N) is 1. The van der Waals surface area contributed by atoms with E-state index in [1.165, 1.54) is 10.8 Å². The van der Waals surface area contributed by atoms with Crippen LogP contribution in [-0.2, 0) is 9.53 Å². The van der Waals surface area contributed by atoms with Crippen molar-refractivity contribution < 1.29 is 9.53 Å². The second-order valence-electron chi connectivity index (χ2n) is 4.71. The molecule has 0 unspecified atom stereocenters. The lowest BCUT2D eigenvalue weighted by Gasteiger charge is -1.95. The van der Waals surface area contributed by atoms with Crippen molar-refractivity contribution in [3.8, 4) is 11.8 Å². The minimum Gasteiger partial charge on any atom is -0.465 e. The van der Waals surface area contributed by atoms with Crippen LogP contribution in [0.5, 0.6) is 0 Å². The Balaban J connectivity index is 1.89. The summed E-state index contributed by atoms with van der Waals surface area (Å²) in [5, 5.41) is 2.39. The number of aromatic nitrogens is 1. The fourth-order valence-electron chi connectivity index (χ4n) is 2.36. The summed E-state index contributed by atoms with van der Waals surface area (Å²) < 4.78 is 4.84. The molecule has 0 saturated heterocycles. The fraction of sp³-hybridized carbons (Fsp3) is 0.167. The van der Waals surface area contributed by atoms with E-state index in [1.807, 2.05) is 24.3 Å². The van der Waals surface area contributed by atoms with Gasteiger partial charge in [0.15, 0.2) is 0 Å². The van der Waals surface area contributed by atoms with Crippen LogP contribution in [0.3, 0.4) is 0 Å². The van der Waals surface area contributed by atoms with Crippen molar-refractivity contribution in [3.05, 3.63) is 48.0 Å². The molecule has 3 rings (SSSR count). The maximum Gasteiger partial charge on any atom is 0.317 e. The molecule has 0 aliphatic carbocycles. The predicted molar refractivity (Wildman–Crippen MR) is 83.9 cm³/mol. The zero-order valence-electron chi connectivity index (χ0n) is 11.8. The van der Waals surface area contributed by atoms with E-state index < -0.39 is 0 Å². The Morgan fingerprint density at radius 1 is 1.14 bits per heavy atom. The standard InChI is InChI=1S/C18H15NO2/c1-2-21-18(20)9-5-6-13-10-11-15-14-7-3-4-8-16(14)19-17(15)12-13/h3-4,7-8,10-12,19H,2,9H2,1H3. The zero-order chi connectivity index (χ0) is 14.7. The molecule has 0 spiro atoms. The number of esters is 1. The van der Waals surface area contributed by atoms with Gasteiger partial charge < -0.3 is 9.72 Å². The van der Waals surface area contributed by atoms with Crippen LogP contribution in [0.25, 0.3) is 21.8 Å². The number of carbonyl (C=O) groups excluding carboxylic acids is 1.